The highest BCUT2D eigenvalue weighted by molar-refractivity contribution is 5.90. The largest absolute Gasteiger partial charge is 0.353 e. The number of anilines is 3. The summed E-state index contributed by atoms with van der Waals surface area (Å²) in [5.41, 5.74) is 1.00. The average molecular weight is 457 g/mol. The first-order chi connectivity index (χ1) is 16.7. The Morgan fingerprint density at radius 2 is 1.62 bits per heavy atom. The van der Waals surface area contributed by atoms with E-state index in [-0.39, 0.29) is 24.4 Å². The molecule has 0 unspecified atom stereocenters. The Balaban J connectivity index is 1.14. The van der Waals surface area contributed by atoms with Gasteiger partial charge >= 0.3 is 0 Å². The Bertz CT molecular complexity index is 1330. The van der Waals surface area contributed by atoms with E-state index in [1.165, 1.54) is 10.9 Å². The van der Waals surface area contributed by atoms with E-state index in [1.54, 1.807) is 36.8 Å². The van der Waals surface area contributed by atoms with Crippen molar-refractivity contribution in [2.75, 3.05) is 41.3 Å². The lowest BCUT2D eigenvalue weighted by atomic mass is 10.2. The second kappa shape index (κ2) is 9.65. The number of nitrogens with zero attached hydrogens (tertiary/aromatic N) is 7. The van der Waals surface area contributed by atoms with Crippen LogP contribution in [0.4, 0.5) is 17.5 Å². The van der Waals surface area contributed by atoms with E-state index in [4.69, 9.17) is 0 Å². The van der Waals surface area contributed by atoms with Crippen LogP contribution in [-0.2, 0) is 11.3 Å². The van der Waals surface area contributed by atoms with Crippen molar-refractivity contribution < 1.29 is 4.79 Å². The molecule has 0 radical (unpaired) electrons. The van der Waals surface area contributed by atoms with Gasteiger partial charge in [0.05, 0.1) is 35.3 Å². The first-order valence-electron chi connectivity index (χ1n) is 11.1. The molecule has 0 spiro atoms. The number of pyridine rings is 1. The second-order valence-electron chi connectivity index (χ2n) is 7.99. The van der Waals surface area contributed by atoms with Crippen molar-refractivity contribution in [1.29, 1.82) is 0 Å². The van der Waals surface area contributed by atoms with Crippen molar-refractivity contribution in [1.82, 2.24) is 24.5 Å². The SMILES string of the molecule is O=C(CCn1cnc2ccccc2c1=O)Nc1cnc(N2CCN(c3ccccn3)CC2)nc1. The van der Waals surface area contributed by atoms with Crippen LogP contribution in [0.1, 0.15) is 6.42 Å². The molecule has 1 aliphatic heterocycles. The van der Waals surface area contributed by atoms with Gasteiger partial charge in [-0.1, -0.05) is 18.2 Å². The quantitative estimate of drug-likeness (QED) is 0.469. The van der Waals surface area contributed by atoms with Gasteiger partial charge < -0.3 is 15.1 Å². The molecule has 10 nitrogen and oxygen atoms in total. The zero-order valence-corrected chi connectivity index (χ0v) is 18.5. The highest BCUT2D eigenvalue weighted by Crippen LogP contribution is 2.16. The number of rotatable bonds is 6. The van der Waals surface area contributed by atoms with E-state index < -0.39 is 0 Å². The van der Waals surface area contributed by atoms with Crippen LogP contribution in [0.2, 0.25) is 0 Å². The Hall–Kier alpha value is -4.34. The monoisotopic (exact) mass is 456 g/mol. The standard InChI is InChI=1S/C24H24N8O2/c33-22(8-10-32-17-28-20-6-2-1-5-19(20)23(32)34)29-18-15-26-24(27-16-18)31-13-11-30(12-14-31)21-7-3-4-9-25-21/h1-7,9,15-17H,8,10-14H2,(H,29,33). The molecule has 4 aromatic rings. The lowest BCUT2D eigenvalue weighted by molar-refractivity contribution is -0.116. The molecule has 34 heavy (non-hydrogen) atoms. The summed E-state index contributed by atoms with van der Waals surface area (Å²) in [6.07, 6.45) is 6.62. The van der Waals surface area contributed by atoms with Crippen LogP contribution in [0.3, 0.4) is 0 Å². The minimum atomic E-state index is -0.222. The minimum absolute atomic E-state index is 0.136. The maximum atomic E-state index is 12.5. The van der Waals surface area contributed by atoms with Crippen molar-refractivity contribution in [3.05, 3.63) is 77.7 Å². The molecule has 1 aromatic carbocycles. The molecule has 5 rings (SSSR count). The maximum absolute atomic E-state index is 12.5. The molecule has 1 N–H and O–H groups in total. The van der Waals surface area contributed by atoms with E-state index in [0.29, 0.717) is 22.5 Å². The molecular formula is C24H24N8O2. The number of benzene rings is 1. The van der Waals surface area contributed by atoms with Crippen LogP contribution in [0.15, 0.2) is 72.2 Å². The normalized spacial score (nSPS) is 13.8. The molecular weight excluding hydrogens is 432 g/mol. The summed E-state index contributed by atoms with van der Waals surface area (Å²) in [5.74, 6) is 1.38. The molecule has 10 heteroatoms. The third-order valence-corrected chi connectivity index (χ3v) is 5.77. The number of fused-ring (bicyclic) bond motifs is 1. The first-order valence-corrected chi connectivity index (χ1v) is 11.1. The number of amides is 1. The molecule has 172 valence electrons. The summed E-state index contributed by atoms with van der Waals surface area (Å²) in [5, 5.41) is 3.33. The lowest BCUT2D eigenvalue weighted by Crippen LogP contribution is -2.47. The van der Waals surface area contributed by atoms with Crippen molar-refractivity contribution in [2.24, 2.45) is 0 Å². The number of carbonyl (C=O) groups excluding carboxylic acids is 1. The van der Waals surface area contributed by atoms with Gasteiger partial charge in [0.1, 0.15) is 5.82 Å². The molecule has 1 fully saturated rings. The van der Waals surface area contributed by atoms with Gasteiger partial charge in [-0.05, 0) is 24.3 Å². The summed E-state index contributed by atoms with van der Waals surface area (Å²) in [4.78, 5) is 46.8. The van der Waals surface area contributed by atoms with Crippen LogP contribution in [0.25, 0.3) is 10.9 Å². The van der Waals surface area contributed by atoms with Crippen LogP contribution >= 0.6 is 0 Å². The Morgan fingerprint density at radius 3 is 2.38 bits per heavy atom. The number of hydrogen-bond donors (Lipinski definition) is 1. The van der Waals surface area contributed by atoms with Crippen molar-refractivity contribution in [2.45, 2.75) is 13.0 Å². The van der Waals surface area contributed by atoms with E-state index in [0.717, 1.165) is 32.0 Å². The number of nitrogens with one attached hydrogen (secondary N) is 1. The number of piperazine rings is 1. The fraction of sp³-hybridized carbons (Fsp3) is 0.250. The van der Waals surface area contributed by atoms with Crippen molar-refractivity contribution in [3.63, 3.8) is 0 Å². The highest BCUT2D eigenvalue weighted by atomic mass is 16.2. The zero-order chi connectivity index (χ0) is 23.3. The summed E-state index contributed by atoms with van der Waals surface area (Å²) in [6, 6.07) is 13.1. The van der Waals surface area contributed by atoms with Crippen molar-refractivity contribution >= 4 is 34.3 Å². The molecule has 1 aliphatic rings. The Labute approximate surface area is 195 Å². The van der Waals surface area contributed by atoms with Gasteiger partial charge in [-0.25, -0.2) is 19.9 Å². The van der Waals surface area contributed by atoms with Crippen molar-refractivity contribution in [3.8, 4) is 0 Å². The maximum Gasteiger partial charge on any atom is 0.261 e. The van der Waals surface area contributed by atoms with Gasteiger partial charge in [0.15, 0.2) is 0 Å². The average Bonchev–Trinajstić information content (AvgIpc) is 2.89. The van der Waals surface area contributed by atoms with Crippen LogP contribution < -0.4 is 20.7 Å². The summed E-state index contributed by atoms with van der Waals surface area (Å²) < 4.78 is 1.45. The van der Waals surface area contributed by atoms with Crippen LogP contribution in [-0.4, -0.2) is 56.6 Å². The van der Waals surface area contributed by atoms with Gasteiger partial charge in [-0.15, -0.1) is 0 Å². The van der Waals surface area contributed by atoms with Gasteiger partial charge in [0.25, 0.3) is 5.56 Å². The number of para-hydroxylation sites is 1. The van der Waals surface area contributed by atoms with Gasteiger partial charge in [-0.2, -0.15) is 0 Å². The summed E-state index contributed by atoms with van der Waals surface area (Å²) >= 11 is 0. The number of aromatic nitrogens is 5. The highest BCUT2D eigenvalue weighted by Gasteiger charge is 2.19. The first kappa shape index (κ1) is 21.5. The predicted molar refractivity (Wildman–Crippen MR) is 130 cm³/mol. The lowest BCUT2D eigenvalue weighted by Gasteiger charge is -2.35. The van der Waals surface area contributed by atoms with E-state index in [2.05, 4.69) is 35.1 Å². The minimum Gasteiger partial charge on any atom is -0.353 e. The molecule has 4 heterocycles. The smallest absolute Gasteiger partial charge is 0.261 e. The molecule has 0 bridgehead atoms. The zero-order valence-electron chi connectivity index (χ0n) is 18.5. The number of hydrogen-bond acceptors (Lipinski definition) is 8. The van der Waals surface area contributed by atoms with E-state index >= 15 is 0 Å². The molecule has 0 saturated carbocycles. The number of aryl methyl sites for hydroxylation is 1. The molecule has 0 aliphatic carbocycles. The fourth-order valence-electron chi connectivity index (χ4n) is 3.94. The summed E-state index contributed by atoms with van der Waals surface area (Å²) in [7, 11) is 0. The Morgan fingerprint density at radius 1 is 0.882 bits per heavy atom. The fourth-order valence-corrected chi connectivity index (χ4v) is 3.94. The molecule has 1 saturated heterocycles. The van der Waals surface area contributed by atoms with Gasteiger partial charge in [-0.3, -0.25) is 14.2 Å². The topological polar surface area (TPSA) is 109 Å². The molecule has 1 amide bonds. The Kier molecular flexibility index (Phi) is 6.11. The third-order valence-electron chi connectivity index (χ3n) is 5.77. The van der Waals surface area contributed by atoms with Crippen LogP contribution in [0.5, 0.6) is 0 Å². The molecule has 0 atom stereocenters. The van der Waals surface area contributed by atoms with Gasteiger partial charge in [0, 0.05) is 45.3 Å². The van der Waals surface area contributed by atoms with E-state index in [9.17, 15) is 9.59 Å². The second-order valence-corrected chi connectivity index (χ2v) is 7.99. The predicted octanol–water partition coefficient (Wildman–Crippen LogP) is 1.94. The van der Waals surface area contributed by atoms with E-state index in [1.807, 2.05) is 24.3 Å². The summed E-state index contributed by atoms with van der Waals surface area (Å²) in [6.45, 7) is 3.49. The van der Waals surface area contributed by atoms with Gasteiger partial charge in [0.2, 0.25) is 11.9 Å². The van der Waals surface area contributed by atoms with Crippen LogP contribution in [0, 0.1) is 0 Å². The molecule has 3 aromatic heterocycles. The third kappa shape index (κ3) is 4.70. The number of carbonyl (C=O) groups is 1.